The van der Waals surface area contributed by atoms with Gasteiger partial charge in [-0.25, -0.2) is 0 Å². The maximum absolute atomic E-state index is 9.21. The van der Waals surface area contributed by atoms with Crippen LogP contribution in [0.25, 0.3) is 0 Å². The second kappa shape index (κ2) is 3.80. The molecule has 0 heterocycles. The lowest BCUT2D eigenvalue weighted by atomic mass is 16.0. The van der Waals surface area contributed by atoms with Crippen LogP contribution in [0.1, 0.15) is 0 Å². The van der Waals surface area contributed by atoms with Crippen LogP contribution in [0, 0.1) is 0 Å². The van der Waals surface area contributed by atoms with Gasteiger partial charge in [0.05, 0.1) is 0 Å². The van der Waals surface area contributed by atoms with Crippen LogP contribution in [0.15, 0.2) is 0 Å². The molecule has 0 N–H and O–H groups in total. The van der Waals surface area contributed by atoms with Gasteiger partial charge in [0.15, 0.2) is 10.4 Å². The fourth-order valence-corrected chi connectivity index (χ4v) is 0. The Labute approximate surface area is 34.9 Å². The molecule has 0 aromatic heterocycles. The van der Waals surface area contributed by atoms with E-state index in [1.165, 1.54) is 0 Å². The molecule has 0 aromatic rings. The Morgan fingerprint density at radius 3 is 2.25 bits per heavy atom. The quantitative estimate of drug-likeness (QED) is 0.315. The fourth-order valence-electron chi connectivity index (χ4n) is 0. The Bertz CT molecular complexity index is 20.0. The molecule has 4 heavy (non-hydrogen) atoms. The van der Waals surface area contributed by atoms with Crippen LogP contribution < -0.4 is 0 Å². The van der Waals surface area contributed by atoms with Gasteiger partial charge in [0.2, 0.25) is 0 Å². The van der Waals surface area contributed by atoms with E-state index in [-0.39, 0.29) is 7.66 Å². The smallest absolute Gasteiger partial charge is 0.0613 e. The summed E-state index contributed by atoms with van der Waals surface area (Å²) >= 11 is 3.54. The van der Waals surface area contributed by atoms with Gasteiger partial charge in [0, 0.05) is 0 Å². The molecule has 1 unspecified atom stereocenters. The summed E-state index contributed by atoms with van der Waals surface area (Å²) in [5, 5.41) is 0. The molecule has 0 aliphatic rings. The third-order valence-electron chi connectivity index (χ3n) is 0.0373. The Balaban J connectivity index is 2.30. The summed E-state index contributed by atoms with van der Waals surface area (Å²) in [6, 6.07) is 0. The summed E-state index contributed by atoms with van der Waals surface area (Å²) in [6.45, 7) is 0. The van der Waals surface area contributed by atoms with Crippen molar-refractivity contribution in [3.63, 3.8) is 0 Å². The van der Waals surface area contributed by atoms with Crippen LogP contribution >= 0.6 is 29.7 Å². The highest BCUT2D eigenvalue weighted by atomic mass is 33.3. The van der Waals surface area contributed by atoms with Gasteiger partial charge >= 0.3 is 7.66 Å². The van der Waals surface area contributed by atoms with E-state index in [0.717, 1.165) is 10.4 Å². The van der Waals surface area contributed by atoms with Gasteiger partial charge in [0.1, 0.15) is 0 Å². The lowest BCUT2D eigenvalue weighted by Crippen LogP contribution is -0.896. The molecule has 0 aromatic carbocycles. The molecule has 0 rings (SSSR count). The Hall–Kier alpha value is 0.800. The summed E-state index contributed by atoms with van der Waals surface area (Å²) in [5.74, 6) is 0. The van der Waals surface area contributed by atoms with Gasteiger partial charge in [-0.2, -0.15) is 0 Å². The minimum atomic E-state index is -0.329. The molecule has 0 radical (unpaired) electrons. The van der Waals surface area contributed by atoms with E-state index in [2.05, 4.69) is 11.7 Å². The highest BCUT2D eigenvalue weighted by Gasteiger charge is 1.72. The summed E-state index contributed by atoms with van der Waals surface area (Å²) in [4.78, 5) is 0. The second-order valence-corrected chi connectivity index (χ2v) is 3.21. The maximum atomic E-state index is 9.21. The maximum Gasteiger partial charge on any atom is 0.407 e. The zero-order valence-electron chi connectivity index (χ0n) is 1.76. The SMILES string of the molecule is O=[PH+]SS. The number of thiol groups is 1. The van der Waals surface area contributed by atoms with Crippen LogP contribution in [-0.2, 0) is 4.57 Å². The van der Waals surface area contributed by atoms with Gasteiger partial charge in [-0.3, -0.25) is 0 Å². The lowest BCUT2D eigenvalue weighted by Gasteiger charge is -1.33. The fraction of sp³-hybridized carbons (Fsp3) is 0. The molecule has 0 fully saturated rings. The molecule has 24 valence electrons. The Morgan fingerprint density at radius 2 is 2.25 bits per heavy atom. The molecule has 4 heteroatoms. The highest BCUT2D eigenvalue weighted by Crippen LogP contribution is 2.19. The average molecular weight is 113 g/mol. The van der Waals surface area contributed by atoms with Gasteiger partial charge in [-0.15, -0.1) is 0 Å². The van der Waals surface area contributed by atoms with Crippen LogP contribution in [0.5, 0.6) is 0 Å². The van der Waals surface area contributed by atoms with Crippen LogP contribution in [0.2, 0.25) is 0 Å². The number of rotatable bonds is 1. The van der Waals surface area contributed by atoms with E-state index in [9.17, 15) is 4.57 Å². The molecule has 1 nitrogen and oxygen atoms in total. The molecule has 1 atom stereocenters. The summed E-state index contributed by atoms with van der Waals surface area (Å²) in [6.07, 6.45) is 0. The van der Waals surface area contributed by atoms with E-state index in [1.807, 2.05) is 0 Å². The van der Waals surface area contributed by atoms with Crippen LogP contribution in [-0.4, -0.2) is 0 Å². The van der Waals surface area contributed by atoms with E-state index < -0.39 is 0 Å². The van der Waals surface area contributed by atoms with Crippen LogP contribution in [0.3, 0.4) is 0 Å². The second-order valence-electron chi connectivity index (χ2n) is 0.175. The van der Waals surface area contributed by atoms with Crippen molar-refractivity contribution in [1.82, 2.24) is 0 Å². The van der Waals surface area contributed by atoms with E-state index in [4.69, 9.17) is 0 Å². The first-order chi connectivity index (χ1) is 1.91. The van der Waals surface area contributed by atoms with E-state index in [0.29, 0.717) is 0 Å². The Morgan fingerprint density at radius 1 is 2.00 bits per heavy atom. The molecule has 0 saturated carbocycles. The largest absolute Gasteiger partial charge is 0.407 e. The van der Waals surface area contributed by atoms with E-state index >= 15 is 0 Å². The third-order valence-corrected chi connectivity index (χ3v) is 1.01. The molecule has 0 aliphatic carbocycles. The third kappa shape index (κ3) is 2.80. The van der Waals surface area contributed by atoms with Crippen molar-refractivity contribution in [1.29, 1.82) is 0 Å². The van der Waals surface area contributed by atoms with Crippen molar-refractivity contribution in [3.05, 3.63) is 0 Å². The Kier molecular flexibility index (Phi) is 4.56. The lowest BCUT2D eigenvalue weighted by molar-refractivity contribution is 0.605. The summed E-state index contributed by atoms with van der Waals surface area (Å²) in [5.41, 5.74) is 0. The average Bonchev–Trinajstić information content (AvgIpc) is 1.37. The van der Waals surface area contributed by atoms with Crippen molar-refractivity contribution in [3.8, 4) is 0 Å². The molecule has 0 amide bonds. The zero-order valence-corrected chi connectivity index (χ0v) is 4.47. The van der Waals surface area contributed by atoms with Gasteiger partial charge in [-0.1, -0.05) is 16.2 Å². The number of hydrogen-bond acceptors (Lipinski definition) is 3. The molecule has 0 saturated heterocycles. The predicted octanol–water partition coefficient (Wildman–Crippen LogP) is 1.50. The monoisotopic (exact) mass is 113 g/mol. The zero-order chi connectivity index (χ0) is 3.41. The molecule has 0 spiro atoms. The van der Waals surface area contributed by atoms with Crippen molar-refractivity contribution in [2.24, 2.45) is 0 Å². The minimum absolute atomic E-state index is 0.329. The van der Waals surface area contributed by atoms with Crippen molar-refractivity contribution in [2.45, 2.75) is 0 Å². The first-order valence-corrected chi connectivity index (χ1v) is 4.09. The standard InChI is InChI=1S/HOPS2/c1-2-4-3/h3H/p+1. The number of hydrogen-bond donors (Lipinski definition) is 1. The molecule has 0 bridgehead atoms. The first kappa shape index (κ1) is 4.80. The molecular weight excluding hydrogens is 111 g/mol. The molecular formula is H2OPS2+. The normalized spacial score (nSPS) is 8.25. The van der Waals surface area contributed by atoms with Gasteiger partial charge in [0.25, 0.3) is 0 Å². The first-order valence-electron chi connectivity index (χ1n) is 0.591. The van der Waals surface area contributed by atoms with Crippen molar-refractivity contribution in [2.75, 3.05) is 0 Å². The predicted molar refractivity (Wildman–Crippen MR) is 25.6 cm³/mol. The summed E-state index contributed by atoms with van der Waals surface area (Å²) in [7, 11) is 0.694. The van der Waals surface area contributed by atoms with Crippen molar-refractivity contribution < 1.29 is 4.57 Å². The highest BCUT2D eigenvalue weighted by molar-refractivity contribution is 8.89. The topological polar surface area (TPSA) is 17.1 Å². The van der Waals surface area contributed by atoms with Gasteiger partial charge in [-0.05, 0) is 0 Å². The molecule has 0 aliphatic heterocycles. The van der Waals surface area contributed by atoms with Gasteiger partial charge < -0.3 is 0 Å². The van der Waals surface area contributed by atoms with Crippen molar-refractivity contribution >= 4 is 29.7 Å². The minimum Gasteiger partial charge on any atom is -0.0613 e. The van der Waals surface area contributed by atoms with Crippen LogP contribution in [0.4, 0.5) is 0 Å². The van der Waals surface area contributed by atoms with E-state index in [1.54, 1.807) is 0 Å². The summed E-state index contributed by atoms with van der Waals surface area (Å²) < 4.78 is 9.21.